The predicted octanol–water partition coefficient (Wildman–Crippen LogP) is 3.00. The Morgan fingerprint density at radius 1 is 0.550 bits per heavy atom. The molecule has 2 atom stereocenters. The maximum Gasteiger partial charge on any atom is 0.257 e. The predicted molar refractivity (Wildman–Crippen MR) is 162 cm³/mol. The Kier molecular flexibility index (Phi) is 27.1. The van der Waals surface area contributed by atoms with Gasteiger partial charge in [-0.05, 0) is 87.6 Å². The molecule has 0 saturated carbocycles. The summed E-state index contributed by atoms with van der Waals surface area (Å²) in [5, 5.41) is 0. The van der Waals surface area contributed by atoms with Gasteiger partial charge < -0.3 is 24.5 Å². The first-order valence-electron chi connectivity index (χ1n) is 15.2. The number of hydrogen-bond acceptors (Lipinski definition) is 9. The molecule has 0 bridgehead atoms. The topological polar surface area (TPSA) is 87.3 Å². The third-order valence-corrected chi connectivity index (χ3v) is 5.86. The minimum Gasteiger partial charge on any atom is -0.340 e. The number of amides is 2. The molecule has 2 unspecified atom stereocenters. The van der Waals surface area contributed by atoms with Crippen LogP contribution < -0.4 is 0 Å². The van der Waals surface area contributed by atoms with Crippen molar-refractivity contribution in [3.63, 3.8) is 0 Å². The molecule has 1 aliphatic rings. The van der Waals surface area contributed by atoms with E-state index in [-0.39, 0.29) is 25.0 Å². The van der Waals surface area contributed by atoms with Gasteiger partial charge in [0.25, 0.3) is 11.8 Å². The summed E-state index contributed by atoms with van der Waals surface area (Å²) in [5.74, 6) is -0.390. The summed E-state index contributed by atoms with van der Waals surface area (Å²) in [6.45, 7) is 15.0. The zero-order valence-corrected chi connectivity index (χ0v) is 27.7. The van der Waals surface area contributed by atoms with E-state index in [0.717, 1.165) is 51.7 Å². The molecule has 2 amide bonds. The molecule has 0 spiro atoms. The summed E-state index contributed by atoms with van der Waals surface area (Å²) in [6.07, 6.45) is 2.58. The molecule has 240 valence electrons. The first-order chi connectivity index (χ1) is 19.1. The van der Waals surface area contributed by atoms with E-state index >= 15 is 0 Å². The summed E-state index contributed by atoms with van der Waals surface area (Å²) < 4.78 is 0. The second-order valence-electron chi connectivity index (χ2n) is 10.2. The molecule has 1 aliphatic heterocycles. The van der Waals surface area contributed by atoms with Crippen LogP contribution in [0.3, 0.4) is 0 Å². The second-order valence-corrected chi connectivity index (χ2v) is 10.2. The fraction of sp³-hybridized carbons (Fsp3) is 0.931. The summed E-state index contributed by atoms with van der Waals surface area (Å²) in [5.41, 5.74) is 0. The molecular formula is C29H63N5O6. The number of carbonyl (C=O) groups is 2. The molecule has 11 nitrogen and oxygen atoms in total. The SMILES string of the molecule is CC.CC.CCCCN(CCCN(C)C)C(=O)C1COOC(C(=O)N(CCCN(C)C)CCCN(C)C)COO1. The minimum absolute atomic E-state index is 0.139. The van der Waals surface area contributed by atoms with Crippen LogP contribution in [0.1, 0.15) is 66.7 Å². The van der Waals surface area contributed by atoms with Gasteiger partial charge in [0, 0.05) is 26.2 Å². The number of hydrogen-bond donors (Lipinski definition) is 0. The molecule has 0 aliphatic carbocycles. The lowest BCUT2D eigenvalue weighted by atomic mass is 10.2. The van der Waals surface area contributed by atoms with Crippen LogP contribution in [0, 0.1) is 0 Å². The highest BCUT2D eigenvalue weighted by molar-refractivity contribution is 5.81. The molecule has 0 aromatic carbocycles. The van der Waals surface area contributed by atoms with E-state index in [1.165, 1.54) is 0 Å². The summed E-state index contributed by atoms with van der Waals surface area (Å²) >= 11 is 0. The third-order valence-electron chi connectivity index (χ3n) is 5.86. The Balaban J connectivity index is 0. The van der Waals surface area contributed by atoms with E-state index in [1.54, 1.807) is 9.80 Å². The lowest BCUT2D eigenvalue weighted by Gasteiger charge is -2.31. The Labute approximate surface area is 245 Å². The molecule has 40 heavy (non-hydrogen) atoms. The van der Waals surface area contributed by atoms with E-state index in [2.05, 4.69) is 21.6 Å². The molecule has 0 aromatic rings. The van der Waals surface area contributed by atoms with Crippen LogP contribution >= 0.6 is 0 Å². The Hall–Kier alpha value is -1.34. The van der Waals surface area contributed by atoms with Crippen LogP contribution in [0.25, 0.3) is 0 Å². The van der Waals surface area contributed by atoms with Gasteiger partial charge in [0.1, 0.15) is 13.2 Å². The van der Waals surface area contributed by atoms with Crippen LogP contribution in [-0.4, -0.2) is 150 Å². The van der Waals surface area contributed by atoms with Gasteiger partial charge in [0.15, 0.2) is 12.2 Å². The quantitative estimate of drug-likeness (QED) is 0.242. The van der Waals surface area contributed by atoms with Crippen molar-refractivity contribution in [2.75, 3.05) is 101 Å². The van der Waals surface area contributed by atoms with Crippen LogP contribution in [0.15, 0.2) is 0 Å². The summed E-state index contributed by atoms with van der Waals surface area (Å²) in [4.78, 5) is 57.8. The first-order valence-corrected chi connectivity index (χ1v) is 15.2. The molecule has 0 aromatic heterocycles. The van der Waals surface area contributed by atoms with E-state index < -0.39 is 12.2 Å². The molecule has 0 N–H and O–H groups in total. The van der Waals surface area contributed by atoms with Gasteiger partial charge in [-0.15, -0.1) is 0 Å². The van der Waals surface area contributed by atoms with Crippen molar-refractivity contribution in [1.29, 1.82) is 0 Å². The van der Waals surface area contributed by atoms with Crippen molar-refractivity contribution in [1.82, 2.24) is 24.5 Å². The van der Waals surface area contributed by atoms with Crippen molar-refractivity contribution in [2.24, 2.45) is 0 Å². The van der Waals surface area contributed by atoms with Crippen molar-refractivity contribution in [3.8, 4) is 0 Å². The lowest BCUT2D eigenvalue weighted by molar-refractivity contribution is -0.412. The molecule has 0 radical (unpaired) electrons. The summed E-state index contributed by atoms with van der Waals surface area (Å²) in [7, 11) is 12.1. The van der Waals surface area contributed by atoms with E-state index in [9.17, 15) is 9.59 Å². The van der Waals surface area contributed by atoms with Crippen molar-refractivity contribution in [2.45, 2.75) is 78.9 Å². The van der Waals surface area contributed by atoms with Gasteiger partial charge in [-0.1, -0.05) is 41.0 Å². The van der Waals surface area contributed by atoms with Gasteiger partial charge >= 0.3 is 0 Å². The van der Waals surface area contributed by atoms with Crippen LogP contribution in [0.4, 0.5) is 0 Å². The van der Waals surface area contributed by atoms with Crippen molar-refractivity contribution >= 4 is 11.8 Å². The molecule has 11 heteroatoms. The van der Waals surface area contributed by atoms with Gasteiger partial charge in [0.2, 0.25) is 0 Å². The smallest absolute Gasteiger partial charge is 0.257 e. The van der Waals surface area contributed by atoms with Crippen molar-refractivity contribution in [3.05, 3.63) is 0 Å². The standard InChI is InChI=1S/C25H51N5O6.2C2H6/c1-8-9-16-29(17-10-13-26(2)3)24(31)22-20-33-36-23(21-34-35-22)25(32)30(18-11-14-27(4)5)19-12-15-28(6)7;2*1-2/h22-23H,8-21H2,1-7H3;2*1-2H3. The van der Waals surface area contributed by atoms with Crippen LogP contribution in [-0.2, 0) is 29.1 Å². The molecule has 1 saturated heterocycles. The summed E-state index contributed by atoms with van der Waals surface area (Å²) in [6, 6.07) is 0. The molecule has 1 heterocycles. The Bertz CT molecular complexity index is 585. The van der Waals surface area contributed by atoms with Gasteiger partial charge in [0.05, 0.1) is 0 Å². The number of carbonyl (C=O) groups excluding carboxylic acids is 2. The van der Waals surface area contributed by atoms with Gasteiger partial charge in [-0.25, -0.2) is 19.6 Å². The van der Waals surface area contributed by atoms with Crippen molar-refractivity contribution < 1.29 is 29.1 Å². The molecular weight excluding hydrogens is 514 g/mol. The number of nitrogens with zero attached hydrogens (tertiary/aromatic N) is 5. The highest BCUT2D eigenvalue weighted by Crippen LogP contribution is 2.12. The average molecular weight is 578 g/mol. The maximum absolute atomic E-state index is 13.2. The molecule has 1 fully saturated rings. The highest BCUT2D eigenvalue weighted by atomic mass is 17.2. The largest absolute Gasteiger partial charge is 0.340 e. The van der Waals surface area contributed by atoms with E-state index in [1.807, 2.05) is 70.0 Å². The third kappa shape index (κ3) is 19.7. The average Bonchev–Trinajstić information content (AvgIpc) is 2.91. The highest BCUT2D eigenvalue weighted by Gasteiger charge is 2.33. The second kappa shape index (κ2) is 26.6. The number of unbranched alkanes of at least 4 members (excludes halogenated alkanes) is 1. The maximum atomic E-state index is 13.2. The van der Waals surface area contributed by atoms with E-state index in [4.69, 9.17) is 19.6 Å². The van der Waals surface area contributed by atoms with Crippen LogP contribution in [0.5, 0.6) is 0 Å². The normalized spacial score (nSPS) is 17.4. The molecule has 1 rings (SSSR count). The van der Waals surface area contributed by atoms with Crippen LogP contribution in [0.2, 0.25) is 0 Å². The first kappa shape index (κ1) is 40.8. The Morgan fingerprint density at radius 3 is 1.12 bits per heavy atom. The van der Waals surface area contributed by atoms with Gasteiger partial charge in [-0.3, -0.25) is 9.59 Å². The zero-order valence-electron chi connectivity index (χ0n) is 27.7. The minimum atomic E-state index is -0.948. The lowest BCUT2D eigenvalue weighted by Crippen LogP contribution is -2.48. The monoisotopic (exact) mass is 577 g/mol. The fourth-order valence-electron chi connectivity index (χ4n) is 3.80. The zero-order chi connectivity index (χ0) is 30.9. The van der Waals surface area contributed by atoms with Gasteiger partial charge in [-0.2, -0.15) is 0 Å². The Morgan fingerprint density at radius 2 is 0.850 bits per heavy atom. The number of rotatable bonds is 17. The fourth-order valence-corrected chi connectivity index (χ4v) is 3.80. The van der Waals surface area contributed by atoms with E-state index in [0.29, 0.717) is 26.2 Å².